The quantitative estimate of drug-likeness (QED) is 0.672. The first-order valence-corrected chi connectivity index (χ1v) is 11.5. The van der Waals surface area contributed by atoms with Crippen LogP contribution >= 0.6 is 22.9 Å². The molecule has 0 bridgehead atoms. The molecule has 4 rings (SSSR count). The molecule has 6 nitrogen and oxygen atoms in total. The number of rotatable bonds is 4. The van der Waals surface area contributed by atoms with Crippen LogP contribution in [0.15, 0.2) is 52.9 Å². The minimum absolute atomic E-state index is 0.0932. The normalized spacial score (nSPS) is 16.3. The molecule has 3 aromatic rings. The number of aromatic nitrogens is 1. The van der Waals surface area contributed by atoms with Crippen LogP contribution in [0.4, 0.5) is 5.69 Å². The first-order valence-electron chi connectivity index (χ1n) is 8.84. The van der Waals surface area contributed by atoms with E-state index >= 15 is 0 Å². The van der Waals surface area contributed by atoms with Crippen molar-refractivity contribution in [3.8, 4) is 0 Å². The standard InChI is InChI=1S/C19H18ClN3O3S2/c20-15-3-1-2-4-18(15)28(25,26)23-9-7-13(8-10-23)19(24)22-14-5-6-17-16(11-14)21-12-27-17/h1-6,11-13H,7-10H2,(H,22,24). The molecule has 0 aliphatic carbocycles. The summed E-state index contributed by atoms with van der Waals surface area (Å²) in [6.07, 6.45) is 0.933. The molecule has 1 aliphatic heterocycles. The number of halogens is 1. The predicted octanol–water partition coefficient (Wildman–Crippen LogP) is 3.99. The second-order valence-corrected chi connectivity index (χ2v) is 9.83. The number of anilines is 1. The number of sulfonamides is 1. The van der Waals surface area contributed by atoms with Crippen molar-refractivity contribution < 1.29 is 13.2 Å². The third-order valence-electron chi connectivity index (χ3n) is 4.88. The SMILES string of the molecule is O=C(Nc1ccc2scnc2c1)C1CCN(S(=O)(=O)c2ccccc2Cl)CC1. The first kappa shape index (κ1) is 19.3. The van der Waals surface area contributed by atoms with Crippen LogP contribution < -0.4 is 5.32 Å². The summed E-state index contributed by atoms with van der Waals surface area (Å²) in [5, 5.41) is 3.13. The Labute approximate surface area is 172 Å². The fourth-order valence-electron chi connectivity index (χ4n) is 3.33. The number of nitrogens with one attached hydrogen (secondary N) is 1. The van der Waals surface area contributed by atoms with E-state index in [0.29, 0.717) is 18.5 Å². The fraction of sp³-hybridized carbons (Fsp3) is 0.263. The van der Waals surface area contributed by atoms with Crippen LogP contribution in [0.2, 0.25) is 5.02 Å². The highest BCUT2D eigenvalue weighted by Gasteiger charge is 2.33. The summed E-state index contributed by atoms with van der Waals surface area (Å²) in [6, 6.07) is 12.1. The van der Waals surface area contributed by atoms with Crippen LogP contribution in [0.25, 0.3) is 10.2 Å². The lowest BCUT2D eigenvalue weighted by atomic mass is 9.97. The fourth-order valence-corrected chi connectivity index (χ4v) is 5.95. The molecule has 1 aromatic heterocycles. The number of piperidine rings is 1. The lowest BCUT2D eigenvalue weighted by molar-refractivity contribution is -0.120. The third kappa shape index (κ3) is 3.77. The molecule has 2 aromatic carbocycles. The number of hydrogen-bond donors (Lipinski definition) is 1. The average Bonchev–Trinajstić information content (AvgIpc) is 3.16. The largest absolute Gasteiger partial charge is 0.326 e. The predicted molar refractivity (Wildman–Crippen MR) is 111 cm³/mol. The number of hydrogen-bond acceptors (Lipinski definition) is 5. The van der Waals surface area contributed by atoms with E-state index in [9.17, 15) is 13.2 Å². The molecule has 0 spiro atoms. The summed E-state index contributed by atoms with van der Waals surface area (Å²) in [5.74, 6) is -0.326. The Morgan fingerprint density at radius 3 is 2.68 bits per heavy atom. The van der Waals surface area contributed by atoms with E-state index in [-0.39, 0.29) is 34.8 Å². The van der Waals surface area contributed by atoms with Gasteiger partial charge in [0, 0.05) is 24.7 Å². The second kappa shape index (κ2) is 7.79. The van der Waals surface area contributed by atoms with Gasteiger partial charge in [0.05, 0.1) is 20.7 Å². The molecule has 0 unspecified atom stereocenters. The van der Waals surface area contributed by atoms with Crippen molar-refractivity contribution in [1.29, 1.82) is 0 Å². The van der Waals surface area contributed by atoms with Gasteiger partial charge in [0.25, 0.3) is 0 Å². The van der Waals surface area contributed by atoms with Gasteiger partial charge < -0.3 is 5.32 Å². The molecule has 1 fully saturated rings. The molecule has 9 heteroatoms. The van der Waals surface area contributed by atoms with Gasteiger partial charge in [-0.2, -0.15) is 4.31 Å². The van der Waals surface area contributed by atoms with E-state index in [1.165, 1.54) is 10.4 Å². The van der Waals surface area contributed by atoms with Gasteiger partial charge in [-0.05, 0) is 43.2 Å². The van der Waals surface area contributed by atoms with Crippen molar-refractivity contribution in [3.05, 3.63) is 53.0 Å². The van der Waals surface area contributed by atoms with E-state index in [1.807, 2.05) is 18.2 Å². The smallest absolute Gasteiger partial charge is 0.244 e. The highest BCUT2D eigenvalue weighted by molar-refractivity contribution is 7.89. The van der Waals surface area contributed by atoms with Crippen molar-refractivity contribution in [2.75, 3.05) is 18.4 Å². The molecule has 2 heterocycles. The van der Waals surface area contributed by atoms with Crippen LogP contribution in [0.1, 0.15) is 12.8 Å². The van der Waals surface area contributed by atoms with E-state index < -0.39 is 10.0 Å². The van der Waals surface area contributed by atoms with Gasteiger partial charge in [0.2, 0.25) is 15.9 Å². The first-order chi connectivity index (χ1) is 13.4. The molecule has 0 radical (unpaired) electrons. The van der Waals surface area contributed by atoms with Crippen LogP contribution in [0.5, 0.6) is 0 Å². The summed E-state index contributed by atoms with van der Waals surface area (Å²) in [4.78, 5) is 17.0. The Bertz CT molecular complexity index is 1120. The van der Waals surface area contributed by atoms with Crippen molar-refractivity contribution in [2.24, 2.45) is 5.92 Å². The minimum atomic E-state index is -3.66. The number of carbonyl (C=O) groups excluding carboxylic acids is 1. The third-order valence-corrected chi connectivity index (χ3v) is 8.09. The van der Waals surface area contributed by atoms with Gasteiger partial charge >= 0.3 is 0 Å². The maximum absolute atomic E-state index is 12.8. The van der Waals surface area contributed by atoms with Gasteiger partial charge in [0.15, 0.2) is 0 Å². The summed E-state index contributed by atoms with van der Waals surface area (Å²) < 4.78 is 28.1. The Hall–Kier alpha value is -2.00. The Morgan fingerprint density at radius 2 is 1.93 bits per heavy atom. The summed E-state index contributed by atoms with van der Waals surface area (Å²) >= 11 is 7.61. The van der Waals surface area contributed by atoms with Crippen LogP contribution in [0, 0.1) is 5.92 Å². The van der Waals surface area contributed by atoms with Crippen molar-refractivity contribution >= 4 is 54.8 Å². The minimum Gasteiger partial charge on any atom is -0.326 e. The maximum atomic E-state index is 12.8. The maximum Gasteiger partial charge on any atom is 0.244 e. The summed E-state index contributed by atoms with van der Waals surface area (Å²) in [5.41, 5.74) is 3.32. The molecular formula is C19H18ClN3O3S2. The van der Waals surface area contributed by atoms with E-state index in [4.69, 9.17) is 11.6 Å². The number of amides is 1. The topological polar surface area (TPSA) is 79.4 Å². The summed E-state index contributed by atoms with van der Waals surface area (Å²) in [6.45, 7) is 0.577. The molecule has 0 saturated carbocycles. The number of nitrogens with zero attached hydrogens (tertiary/aromatic N) is 2. The zero-order valence-electron chi connectivity index (χ0n) is 14.8. The molecule has 1 N–H and O–H groups in total. The molecule has 146 valence electrons. The lowest BCUT2D eigenvalue weighted by Gasteiger charge is -2.30. The second-order valence-electron chi connectivity index (χ2n) is 6.63. The van der Waals surface area contributed by atoms with Crippen molar-refractivity contribution in [3.63, 3.8) is 0 Å². The van der Waals surface area contributed by atoms with Crippen LogP contribution in [0.3, 0.4) is 0 Å². The van der Waals surface area contributed by atoms with E-state index in [1.54, 1.807) is 35.0 Å². The highest BCUT2D eigenvalue weighted by atomic mass is 35.5. The zero-order chi connectivity index (χ0) is 19.7. The van der Waals surface area contributed by atoms with Gasteiger partial charge in [-0.25, -0.2) is 13.4 Å². The Kier molecular flexibility index (Phi) is 5.37. The molecule has 28 heavy (non-hydrogen) atoms. The Morgan fingerprint density at radius 1 is 1.18 bits per heavy atom. The average molecular weight is 436 g/mol. The van der Waals surface area contributed by atoms with Gasteiger partial charge in [-0.1, -0.05) is 23.7 Å². The molecule has 0 atom stereocenters. The number of fused-ring (bicyclic) bond motifs is 1. The highest BCUT2D eigenvalue weighted by Crippen LogP contribution is 2.29. The summed E-state index contributed by atoms with van der Waals surface area (Å²) in [7, 11) is -3.66. The van der Waals surface area contributed by atoms with Gasteiger partial charge in [-0.3, -0.25) is 4.79 Å². The van der Waals surface area contributed by atoms with Crippen LogP contribution in [-0.4, -0.2) is 36.7 Å². The zero-order valence-corrected chi connectivity index (χ0v) is 17.2. The van der Waals surface area contributed by atoms with Crippen molar-refractivity contribution in [1.82, 2.24) is 9.29 Å². The van der Waals surface area contributed by atoms with Crippen molar-refractivity contribution in [2.45, 2.75) is 17.7 Å². The molecule has 1 aliphatic rings. The molecular weight excluding hydrogens is 418 g/mol. The van der Waals surface area contributed by atoms with Crippen LogP contribution in [-0.2, 0) is 14.8 Å². The molecule has 1 saturated heterocycles. The Balaban J connectivity index is 1.40. The molecule has 1 amide bonds. The number of thiazole rings is 1. The van der Waals surface area contributed by atoms with Gasteiger partial charge in [-0.15, -0.1) is 11.3 Å². The van der Waals surface area contributed by atoms with E-state index in [0.717, 1.165) is 10.2 Å². The lowest BCUT2D eigenvalue weighted by Crippen LogP contribution is -2.41. The van der Waals surface area contributed by atoms with Gasteiger partial charge in [0.1, 0.15) is 4.90 Å². The monoisotopic (exact) mass is 435 g/mol. The van der Waals surface area contributed by atoms with E-state index in [2.05, 4.69) is 10.3 Å². The number of carbonyl (C=O) groups is 1. The number of benzene rings is 2.